The molecule has 0 radical (unpaired) electrons. The molecule has 0 aliphatic carbocycles. The minimum Gasteiger partial charge on any atom is -0.352 e. The van der Waals surface area contributed by atoms with Crippen LogP contribution in [0, 0.1) is 19.7 Å². The molecule has 0 saturated heterocycles. The highest BCUT2D eigenvalue weighted by atomic mass is 32.2. The second-order valence-electron chi connectivity index (χ2n) is 8.67. The van der Waals surface area contributed by atoms with Crippen LogP contribution in [-0.4, -0.2) is 50.0 Å². The second-order valence-corrected chi connectivity index (χ2v) is 10.6. The number of nitrogens with zero attached hydrogens (tertiary/aromatic N) is 2. The Balaban J connectivity index is 2.45. The van der Waals surface area contributed by atoms with E-state index in [0.29, 0.717) is 17.7 Å². The summed E-state index contributed by atoms with van der Waals surface area (Å²) < 4.78 is 40.8. The van der Waals surface area contributed by atoms with E-state index < -0.39 is 40.2 Å². The number of amides is 2. The Kier molecular flexibility index (Phi) is 9.21. The molecule has 2 atom stereocenters. The van der Waals surface area contributed by atoms with Gasteiger partial charge in [-0.2, -0.15) is 0 Å². The van der Waals surface area contributed by atoms with Crippen LogP contribution < -0.4 is 9.62 Å². The molecule has 0 aliphatic rings. The lowest BCUT2D eigenvalue weighted by atomic mass is 10.1. The van der Waals surface area contributed by atoms with Gasteiger partial charge >= 0.3 is 0 Å². The van der Waals surface area contributed by atoms with Gasteiger partial charge in [-0.1, -0.05) is 37.3 Å². The molecule has 1 N–H and O–H groups in total. The van der Waals surface area contributed by atoms with Crippen LogP contribution in [0.2, 0.25) is 0 Å². The van der Waals surface area contributed by atoms with Crippen LogP contribution in [0.3, 0.4) is 0 Å². The first-order valence-electron chi connectivity index (χ1n) is 11.2. The maximum Gasteiger partial charge on any atom is 0.244 e. The lowest BCUT2D eigenvalue weighted by Crippen LogP contribution is -2.52. The molecule has 2 rings (SSSR count). The number of nitrogens with one attached hydrogen (secondary N) is 1. The largest absolute Gasteiger partial charge is 0.352 e. The number of anilines is 1. The van der Waals surface area contributed by atoms with Crippen molar-refractivity contribution < 1.29 is 22.4 Å². The van der Waals surface area contributed by atoms with Crippen LogP contribution in [0.4, 0.5) is 10.1 Å². The molecule has 0 fully saturated rings. The summed E-state index contributed by atoms with van der Waals surface area (Å²) >= 11 is 0. The van der Waals surface area contributed by atoms with E-state index in [4.69, 9.17) is 0 Å². The minimum absolute atomic E-state index is 0.108. The minimum atomic E-state index is -3.82. The number of sulfonamides is 1. The van der Waals surface area contributed by atoms with Crippen LogP contribution in [0.15, 0.2) is 42.5 Å². The highest BCUT2D eigenvalue weighted by Crippen LogP contribution is 2.24. The number of carbonyl (C=O) groups is 2. The van der Waals surface area contributed by atoms with Crippen molar-refractivity contribution in [1.82, 2.24) is 10.2 Å². The van der Waals surface area contributed by atoms with Crippen molar-refractivity contribution >= 4 is 27.5 Å². The zero-order valence-electron chi connectivity index (χ0n) is 20.6. The van der Waals surface area contributed by atoms with Crippen LogP contribution in [0.5, 0.6) is 0 Å². The number of aryl methyl sites for hydroxylation is 2. The van der Waals surface area contributed by atoms with E-state index in [1.807, 2.05) is 26.8 Å². The van der Waals surface area contributed by atoms with E-state index >= 15 is 0 Å². The maximum absolute atomic E-state index is 14.4. The van der Waals surface area contributed by atoms with Gasteiger partial charge in [0.2, 0.25) is 21.8 Å². The summed E-state index contributed by atoms with van der Waals surface area (Å²) in [4.78, 5) is 27.6. The molecular formula is C25H34FN3O4S. The Morgan fingerprint density at radius 2 is 1.74 bits per heavy atom. The van der Waals surface area contributed by atoms with Crippen LogP contribution in [0.25, 0.3) is 0 Å². The smallest absolute Gasteiger partial charge is 0.244 e. The molecule has 0 aromatic heterocycles. The quantitative estimate of drug-likeness (QED) is 0.551. The topological polar surface area (TPSA) is 86.8 Å². The fraction of sp³-hybridized carbons (Fsp3) is 0.440. The third-order valence-electron chi connectivity index (χ3n) is 5.78. The van der Waals surface area contributed by atoms with E-state index in [9.17, 15) is 22.4 Å². The standard InChI is InChI=1S/C25H34FN3O4S/c1-7-19(4)27-25(31)20(5)28(15-21-10-8-9-11-22(21)26)24(30)16-29(34(6,32)33)23-14-17(2)12-13-18(23)3/h8-14,19-20H,7,15-16H2,1-6H3,(H,27,31)/t19-,20-/m0/s1. The molecule has 2 aromatic rings. The molecule has 0 bridgehead atoms. The fourth-order valence-corrected chi connectivity index (χ4v) is 4.34. The monoisotopic (exact) mass is 491 g/mol. The Hall–Kier alpha value is -2.94. The van der Waals surface area contributed by atoms with Crippen molar-refractivity contribution in [1.29, 1.82) is 0 Å². The first-order chi connectivity index (χ1) is 15.8. The first kappa shape index (κ1) is 27.3. The van der Waals surface area contributed by atoms with Gasteiger partial charge in [-0.05, 0) is 57.4 Å². The van der Waals surface area contributed by atoms with Gasteiger partial charge in [0, 0.05) is 18.2 Å². The Labute approximate surface area is 202 Å². The number of hydrogen-bond acceptors (Lipinski definition) is 4. The second kappa shape index (κ2) is 11.5. The van der Waals surface area contributed by atoms with Crippen molar-refractivity contribution in [2.45, 2.75) is 59.7 Å². The Bertz CT molecular complexity index is 1140. The van der Waals surface area contributed by atoms with E-state index in [2.05, 4.69) is 5.32 Å². The number of halogens is 1. The molecule has 34 heavy (non-hydrogen) atoms. The molecule has 2 amide bonds. The van der Waals surface area contributed by atoms with Gasteiger partial charge in [0.1, 0.15) is 18.4 Å². The highest BCUT2D eigenvalue weighted by Gasteiger charge is 2.31. The maximum atomic E-state index is 14.4. The van der Waals surface area contributed by atoms with E-state index in [1.54, 1.807) is 32.0 Å². The Morgan fingerprint density at radius 1 is 1.09 bits per heavy atom. The van der Waals surface area contributed by atoms with Gasteiger partial charge in [-0.25, -0.2) is 12.8 Å². The zero-order chi connectivity index (χ0) is 25.6. The SMILES string of the molecule is CC[C@H](C)NC(=O)[C@H](C)N(Cc1ccccc1F)C(=O)CN(c1cc(C)ccc1C)S(C)(=O)=O. The summed E-state index contributed by atoms with van der Waals surface area (Å²) in [5.74, 6) is -1.51. The average Bonchev–Trinajstić information content (AvgIpc) is 2.77. The summed E-state index contributed by atoms with van der Waals surface area (Å²) in [6, 6.07) is 10.3. The molecule has 9 heteroatoms. The van der Waals surface area contributed by atoms with E-state index in [0.717, 1.165) is 16.1 Å². The van der Waals surface area contributed by atoms with Crippen molar-refractivity contribution in [3.05, 3.63) is 65.0 Å². The first-order valence-corrected chi connectivity index (χ1v) is 13.1. The molecule has 2 aromatic carbocycles. The summed E-state index contributed by atoms with van der Waals surface area (Å²) in [5, 5.41) is 2.84. The number of hydrogen-bond donors (Lipinski definition) is 1. The Morgan fingerprint density at radius 3 is 2.32 bits per heavy atom. The molecule has 0 saturated carbocycles. The van der Waals surface area contributed by atoms with Gasteiger partial charge in [0.05, 0.1) is 11.9 Å². The van der Waals surface area contributed by atoms with Crippen molar-refractivity contribution in [3.63, 3.8) is 0 Å². The van der Waals surface area contributed by atoms with Crippen molar-refractivity contribution in [2.24, 2.45) is 0 Å². The summed E-state index contributed by atoms with van der Waals surface area (Å²) in [6.07, 6.45) is 1.73. The van der Waals surface area contributed by atoms with Gasteiger partial charge in [-0.15, -0.1) is 0 Å². The van der Waals surface area contributed by atoms with Crippen LogP contribution >= 0.6 is 0 Å². The number of rotatable bonds is 10. The predicted octanol–water partition coefficient (Wildman–Crippen LogP) is 3.54. The highest BCUT2D eigenvalue weighted by molar-refractivity contribution is 7.92. The van der Waals surface area contributed by atoms with E-state index in [1.165, 1.54) is 23.1 Å². The molecule has 0 unspecified atom stereocenters. The molecule has 0 aliphatic heterocycles. The third kappa shape index (κ3) is 7.03. The molecule has 186 valence electrons. The van der Waals surface area contributed by atoms with Crippen LogP contribution in [0.1, 0.15) is 43.9 Å². The van der Waals surface area contributed by atoms with Crippen molar-refractivity contribution in [3.8, 4) is 0 Å². The predicted molar refractivity (Wildman–Crippen MR) is 132 cm³/mol. The van der Waals surface area contributed by atoms with Crippen molar-refractivity contribution in [2.75, 3.05) is 17.1 Å². The van der Waals surface area contributed by atoms with E-state index in [-0.39, 0.29) is 18.2 Å². The lowest BCUT2D eigenvalue weighted by molar-refractivity contribution is -0.139. The van der Waals surface area contributed by atoms with Crippen LogP contribution in [-0.2, 0) is 26.2 Å². The van der Waals surface area contributed by atoms with Gasteiger partial charge in [0.15, 0.2) is 0 Å². The molecule has 7 nitrogen and oxygen atoms in total. The van der Waals surface area contributed by atoms with Gasteiger partial charge in [0.25, 0.3) is 0 Å². The molecule has 0 heterocycles. The third-order valence-corrected chi connectivity index (χ3v) is 6.91. The summed E-state index contributed by atoms with van der Waals surface area (Å²) in [5.41, 5.74) is 2.15. The van der Waals surface area contributed by atoms with Gasteiger partial charge < -0.3 is 10.2 Å². The lowest BCUT2D eigenvalue weighted by Gasteiger charge is -2.32. The normalized spacial score (nSPS) is 13.1. The zero-order valence-corrected chi connectivity index (χ0v) is 21.4. The average molecular weight is 492 g/mol. The summed E-state index contributed by atoms with van der Waals surface area (Å²) in [6.45, 7) is 8.22. The molecule has 0 spiro atoms. The number of benzene rings is 2. The number of carbonyl (C=O) groups excluding carboxylic acids is 2. The summed E-state index contributed by atoms with van der Waals surface area (Å²) in [7, 11) is -3.82. The van der Waals surface area contributed by atoms with Gasteiger partial charge in [-0.3, -0.25) is 13.9 Å². The fourth-order valence-electron chi connectivity index (χ4n) is 3.44. The molecular weight excluding hydrogens is 457 g/mol.